The molecule has 2 aromatic rings. The van der Waals surface area contributed by atoms with Crippen LogP contribution in [0.15, 0.2) is 48.5 Å². The molecule has 0 heterocycles. The van der Waals surface area contributed by atoms with Crippen molar-refractivity contribution in [2.75, 3.05) is 0 Å². The molecule has 0 aromatic heterocycles. The van der Waals surface area contributed by atoms with E-state index in [0.29, 0.717) is 22.9 Å². The number of hydrogen-bond acceptors (Lipinski definition) is 3. The van der Waals surface area contributed by atoms with Crippen molar-refractivity contribution in [1.29, 1.82) is 0 Å². The fraction of sp³-hybridized carbons (Fsp3) is 0.0714. The highest BCUT2D eigenvalue weighted by Crippen LogP contribution is 2.15. The number of hydrogen-bond donors (Lipinski definition) is 2. The number of benzene rings is 2. The monoisotopic (exact) mass is 276 g/mol. The van der Waals surface area contributed by atoms with Gasteiger partial charge in [-0.25, -0.2) is 5.84 Å². The minimum atomic E-state index is -0.329. The molecule has 0 aliphatic rings. The summed E-state index contributed by atoms with van der Waals surface area (Å²) in [6.45, 7) is 0.444. The highest BCUT2D eigenvalue weighted by Gasteiger charge is 2.03. The Morgan fingerprint density at radius 1 is 1.11 bits per heavy atom. The van der Waals surface area contributed by atoms with Crippen molar-refractivity contribution in [3.63, 3.8) is 0 Å². The fourth-order valence-corrected chi connectivity index (χ4v) is 1.66. The van der Waals surface area contributed by atoms with Crippen molar-refractivity contribution in [2.24, 2.45) is 5.84 Å². The second-order valence-corrected chi connectivity index (χ2v) is 4.35. The van der Waals surface area contributed by atoms with E-state index in [-0.39, 0.29) is 5.91 Å². The third-order valence-electron chi connectivity index (χ3n) is 2.57. The number of carbonyl (C=O) groups excluding carboxylic acids is 1. The zero-order chi connectivity index (χ0) is 13.7. The van der Waals surface area contributed by atoms with Gasteiger partial charge in [-0.2, -0.15) is 0 Å². The molecule has 0 fully saturated rings. The minimum Gasteiger partial charge on any atom is -0.489 e. The highest BCUT2D eigenvalue weighted by atomic mass is 35.5. The van der Waals surface area contributed by atoms with Crippen LogP contribution >= 0.6 is 11.6 Å². The first-order valence-corrected chi connectivity index (χ1v) is 6.05. The van der Waals surface area contributed by atoms with Gasteiger partial charge in [0.15, 0.2) is 0 Å². The van der Waals surface area contributed by atoms with Crippen molar-refractivity contribution in [3.8, 4) is 5.75 Å². The maximum Gasteiger partial charge on any atom is 0.265 e. The molecule has 0 spiro atoms. The second kappa shape index (κ2) is 6.22. The molecule has 0 aliphatic carbocycles. The standard InChI is InChI=1S/C14H13ClN2O2/c15-12-5-1-10(2-6-12)9-19-13-7-3-11(4-8-13)14(18)17-16/h1-8H,9,16H2,(H,17,18). The van der Waals surface area contributed by atoms with E-state index in [2.05, 4.69) is 5.43 Å². The number of ether oxygens (including phenoxy) is 1. The van der Waals surface area contributed by atoms with Gasteiger partial charge in [0.2, 0.25) is 0 Å². The van der Waals surface area contributed by atoms with E-state index < -0.39 is 0 Å². The van der Waals surface area contributed by atoms with Gasteiger partial charge in [-0.05, 0) is 42.0 Å². The Hall–Kier alpha value is -2.04. The predicted octanol–water partition coefficient (Wildman–Crippen LogP) is 2.52. The first-order chi connectivity index (χ1) is 9.19. The van der Waals surface area contributed by atoms with Crippen molar-refractivity contribution >= 4 is 17.5 Å². The van der Waals surface area contributed by atoms with E-state index in [0.717, 1.165) is 5.56 Å². The van der Waals surface area contributed by atoms with Crippen LogP contribution in [0.5, 0.6) is 5.75 Å². The molecule has 5 heteroatoms. The van der Waals surface area contributed by atoms with Crippen LogP contribution in [0, 0.1) is 0 Å². The zero-order valence-corrected chi connectivity index (χ0v) is 10.9. The number of hydrazine groups is 1. The molecule has 1 amide bonds. The van der Waals surface area contributed by atoms with E-state index in [1.54, 1.807) is 24.3 Å². The largest absolute Gasteiger partial charge is 0.489 e. The summed E-state index contributed by atoms with van der Waals surface area (Å²) in [5.74, 6) is 5.40. The quantitative estimate of drug-likeness (QED) is 0.512. The van der Waals surface area contributed by atoms with E-state index >= 15 is 0 Å². The number of carbonyl (C=O) groups is 1. The molecule has 19 heavy (non-hydrogen) atoms. The van der Waals surface area contributed by atoms with Crippen LogP contribution in [0.25, 0.3) is 0 Å². The van der Waals surface area contributed by atoms with Crippen molar-refractivity contribution in [1.82, 2.24) is 5.43 Å². The maximum absolute atomic E-state index is 11.2. The molecule has 0 unspecified atom stereocenters. The fourth-order valence-electron chi connectivity index (χ4n) is 1.53. The van der Waals surface area contributed by atoms with Gasteiger partial charge in [-0.1, -0.05) is 23.7 Å². The third kappa shape index (κ3) is 3.71. The molecule has 98 valence electrons. The molecule has 0 atom stereocenters. The van der Waals surface area contributed by atoms with Gasteiger partial charge in [-0.3, -0.25) is 10.2 Å². The van der Waals surface area contributed by atoms with Crippen molar-refractivity contribution < 1.29 is 9.53 Å². The summed E-state index contributed by atoms with van der Waals surface area (Å²) in [7, 11) is 0. The van der Waals surface area contributed by atoms with Crippen LogP contribution in [0.2, 0.25) is 5.02 Å². The Balaban J connectivity index is 1.96. The predicted molar refractivity (Wildman–Crippen MR) is 73.9 cm³/mol. The van der Waals surface area contributed by atoms with Crippen LogP contribution in [0.1, 0.15) is 15.9 Å². The molecule has 0 saturated heterocycles. The molecule has 0 aliphatic heterocycles. The Morgan fingerprint density at radius 3 is 2.32 bits per heavy atom. The lowest BCUT2D eigenvalue weighted by Gasteiger charge is -2.07. The van der Waals surface area contributed by atoms with Crippen LogP contribution in [0.3, 0.4) is 0 Å². The normalized spacial score (nSPS) is 10.0. The van der Waals surface area contributed by atoms with Crippen LogP contribution in [-0.2, 0) is 6.61 Å². The summed E-state index contributed by atoms with van der Waals surface area (Å²) in [4.78, 5) is 11.2. The van der Waals surface area contributed by atoms with E-state index in [1.165, 1.54) is 0 Å². The summed E-state index contributed by atoms with van der Waals surface area (Å²) in [5.41, 5.74) is 3.58. The van der Waals surface area contributed by atoms with Crippen LogP contribution in [0.4, 0.5) is 0 Å². The smallest absolute Gasteiger partial charge is 0.265 e. The first-order valence-electron chi connectivity index (χ1n) is 5.67. The molecule has 4 nitrogen and oxygen atoms in total. The molecule has 0 radical (unpaired) electrons. The zero-order valence-electron chi connectivity index (χ0n) is 10.1. The van der Waals surface area contributed by atoms with Gasteiger partial charge in [0.05, 0.1) is 0 Å². The number of amides is 1. The molecule has 0 bridgehead atoms. The highest BCUT2D eigenvalue weighted by molar-refractivity contribution is 6.30. The molecule has 3 N–H and O–H groups in total. The maximum atomic E-state index is 11.2. The number of rotatable bonds is 4. The van der Waals surface area contributed by atoms with Crippen molar-refractivity contribution in [2.45, 2.75) is 6.61 Å². The topological polar surface area (TPSA) is 64.3 Å². The lowest BCUT2D eigenvalue weighted by Crippen LogP contribution is -2.29. The van der Waals surface area contributed by atoms with Crippen LogP contribution < -0.4 is 16.0 Å². The van der Waals surface area contributed by atoms with E-state index in [9.17, 15) is 4.79 Å². The van der Waals surface area contributed by atoms with Gasteiger partial charge in [0.1, 0.15) is 12.4 Å². The number of nitrogen functional groups attached to an aromatic ring is 1. The minimum absolute atomic E-state index is 0.329. The first kappa shape index (κ1) is 13.4. The molecular formula is C14H13ClN2O2. The second-order valence-electron chi connectivity index (χ2n) is 3.91. The Morgan fingerprint density at radius 2 is 1.74 bits per heavy atom. The average molecular weight is 277 g/mol. The van der Waals surface area contributed by atoms with E-state index in [4.69, 9.17) is 22.2 Å². The van der Waals surface area contributed by atoms with Crippen LogP contribution in [-0.4, -0.2) is 5.91 Å². The summed E-state index contributed by atoms with van der Waals surface area (Å²) in [5, 5.41) is 0.695. The Labute approximate surface area is 116 Å². The SMILES string of the molecule is NNC(=O)c1ccc(OCc2ccc(Cl)cc2)cc1. The van der Waals surface area contributed by atoms with Gasteiger partial charge in [0.25, 0.3) is 5.91 Å². The lowest BCUT2D eigenvalue weighted by molar-refractivity contribution is 0.0953. The lowest BCUT2D eigenvalue weighted by atomic mass is 10.2. The average Bonchev–Trinajstić information content (AvgIpc) is 2.46. The van der Waals surface area contributed by atoms with Gasteiger partial charge in [0, 0.05) is 10.6 Å². The number of halogens is 1. The van der Waals surface area contributed by atoms with Gasteiger partial charge >= 0.3 is 0 Å². The summed E-state index contributed by atoms with van der Waals surface area (Å²) in [6.07, 6.45) is 0. The van der Waals surface area contributed by atoms with Crippen molar-refractivity contribution in [3.05, 3.63) is 64.7 Å². The Bertz CT molecular complexity index is 553. The summed E-state index contributed by atoms with van der Waals surface area (Å²) >= 11 is 5.80. The summed E-state index contributed by atoms with van der Waals surface area (Å²) in [6, 6.07) is 14.2. The molecular weight excluding hydrogens is 264 g/mol. The summed E-state index contributed by atoms with van der Waals surface area (Å²) < 4.78 is 5.59. The molecule has 2 aromatic carbocycles. The molecule has 2 rings (SSSR count). The van der Waals surface area contributed by atoms with E-state index in [1.807, 2.05) is 24.3 Å². The number of nitrogens with two attached hydrogens (primary N) is 1. The third-order valence-corrected chi connectivity index (χ3v) is 2.82. The van der Waals surface area contributed by atoms with Gasteiger partial charge < -0.3 is 4.74 Å². The Kier molecular flexibility index (Phi) is 4.39. The number of nitrogens with one attached hydrogen (secondary N) is 1. The molecule has 0 saturated carbocycles. The van der Waals surface area contributed by atoms with Gasteiger partial charge in [-0.15, -0.1) is 0 Å².